The van der Waals surface area contributed by atoms with Crippen LogP contribution in [0.25, 0.3) is 0 Å². The van der Waals surface area contributed by atoms with Crippen molar-refractivity contribution in [2.75, 3.05) is 47.5 Å². The zero-order chi connectivity index (χ0) is 67.5. The third kappa shape index (κ3) is 77.0. The van der Waals surface area contributed by atoms with E-state index in [4.69, 9.17) is 18.9 Å². The average Bonchev–Trinajstić information content (AvgIpc) is 3.38. The number of nitrogens with zero attached hydrogens (tertiary/aromatic N) is 1. The lowest BCUT2D eigenvalue weighted by Gasteiger charge is -2.25. The van der Waals surface area contributed by atoms with Gasteiger partial charge in [-0.05, 0) is 44.9 Å². The Morgan fingerprint density at radius 2 is 0.581 bits per heavy atom. The van der Waals surface area contributed by atoms with Gasteiger partial charge in [-0.25, -0.2) is 4.79 Å². The summed E-state index contributed by atoms with van der Waals surface area (Å²) in [6.45, 7) is 4.95. The van der Waals surface area contributed by atoms with Crippen LogP contribution in [0.5, 0.6) is 0 Å². The van der Waals surface area contributed by atoms with Crippen LogP contribution in [0, 0.1) is 0 Å². The van der Waals surface area contributed by atoms with Gasteiger partial charge in [0.25, 0.3) is 6.29 Å². The van der Waals surface area contributed by atoms with Crippen LogP contribution in [-0.4, -0.2) is 87.4 Å². The number of carboxylic acids is 1. The normalized spacial score (nSPS) is 12.7. The molecule has 2 unspecified atom stereocenters. The van der Waals surface area contributed by atoms with Gasteiger partial charge in [-0.2, -0.15) is 0 Å². The molecule has 550 valence electrons. The molecule has 9 heteroatoms. The van der Waals surface area contributed by atoms with E-state index in [0.717, 1.165) is 44.9 Å². The number of hydrogen-bond donors (Lipinski definition) is 1. The number of carbonyl (C=O) groups excluding carboxylic acids is 2. The maximum Gasteiger partial charge on any atom is 0.361 e. The SMILES string of the molecule is CCCCCCC/C=C\C/C=C\CCCCCCCCCCCCCCCCCC(=O)OC(COC(=O)CCCCCCCCCCCCCCCCCCCCCCCCCCCCCCCCCCCCCCCCCCC)COC(OCC[N+](C)(C)C)C(=O)O. The second-order valence-corrected chi connectivity index (χ2v) is 29.8. The first kappa shape index (κ1) is 90.8. The zero-order valence-corrected chi connectivity index (χ0v) is 63.2. The van der Waals surface area contributed by atoms with Gasteiger partial charge < -0.3 is 28.5 Å². The minimum absolute atomic E-state index is 0.175. The summed E-state index contributed by atoms with van der Waals surface area (Å²) in [5.41, 5.74) is 0. The van der Waals surface area contributed by atoms with Crippen molar-refractivity contribution >= 4 is 17.9 Å². The van der Waals surface area contributed by atoms with Crippen LogP contribution in [0.1, 0.15) is 438 Å². The summed E-state index contributed by atoms with van der Waals surface area (Å²) in [6.07, 6.45) is 93.6. The Balaban J connectivity index is 3.90. The monoisotopic (exact) mass is 1310 g/mol. The van der Waals surface area contributed by atoms with Gasteiger partial charge in [-0.15, -0.1) is 0 Å². The third-order valence-corrected chi connectivity index (χ3v) is 19.2. The largest absolute Gasteiger partial charge is 0.477 e. The summed E-state index contributed by atoms with van der Waals surface area (Å²) in [7, 11) is 6.00. The molecule has 9 nitrogen and oxygen atoms in total. The van der Waals surface area contributed by atoms with Crippen LogP contribution in [0.2, 0.25) is 0 Å². The van der Waals surface area contributed by atoms with Crippen LogP contribution in [0.15, 0.2) is 24.3 Å². The molecule has 0 aromatic carbocycles. The molecule has 2 atom stereocenters. The molecule has 0 bridgehead atoms. The molecule has 93 heavy (non-hydrogen) atoms. The minimum atomic E-state index is -1.51. The number of ether oxygens (including phenoxy) is 4. The molecule has 0 saturated heterocycles. The van der Waals surface area contributed by atoms with E-state index in [0.29, 0.717) is 17.4 Å². The number of carbonyl (C=O) groups is 3. The highest BCUT2D eigenvalue weighted by molar-refractivity contribution is 5.71. The van der Waals surface area contributed by atoms with E-state index >= 15 is 0 Å². The van der Waals surface area contributed by atoms with E-state index < -0.39 is 18.4 Å². The van der Waals surface area contributed by atoms with Gasteiger partial charge in [-0.3, -0.25) is 9.59 Å². The van der Waals surface area contributed by atoms with Gasteiger partial charge >= 0.3 is 17.9 Å². The summed E-state index contributed by atoms with van der Waals surface area (Å²) >= 11 is 0. The van der Waals surface area contributed by atoms with E-state index in [1.165, 1.54) is 366 Å². The van der Waals surface area contributed by atoms with Crippen molar-refractivity contribution in [1.82, 2.24) is 0 Å². The molecule has 0 aliphatic carbocycles. The highest BCUT2D eigenvalue weighted by Crippen LogP contribution is 2.21. The Hall–Kier alpha value is -2.23. The number of esters is 2. The number of hydrogen-bond acceptors (Lipinski definition) is 7. The molecule has 0 aromatic rings. The highest BCUT2D eigenvalue weighted by atomic mass is 16.7. The van der Waals surface area contributed by atoms with Crippen molar-refractivity contribution < 1.29 is 42.9 Å². The number of allylic oxidation sites excluding steroid dienone is 4. The molecule has 0 radical (unpaired) electrons. The predicted molar refractivity (Wildman–Crippen MR) is 401 cm³/mol. The van der Waals surface area contributed by atoms with E-state index in [-0.39, 0.29) is 38.2 Å². The molecule has 0 fully saturated rings. The van der Waals surface area contributed by atoms with E-state index in [2.05, 4.69) is 38.2 Å². The van der Waals surface area contributed by atoms with Gasteiger partial charge in [0, 0.05) is 12.8 Å². The van der Waals surface area contributed by atoms with Crippen LogP contribution in [0.4, 0.5) is 0 Å². The lowest BCUT2D eigenvalue weighted by atomic mass is 10.0. The van der Waals surface area contributed by atoms with E-state index in [1.54, 1.807) is 0 Å². The van der Waals surface area contributed by atoms with Crippen molar-refractivity contribution in [2.24, 2.45) is 0 Å². The third-order valence-electron chi connectivity index (χ3n) is 19.2. The molecule has 0 aromatic heterocycles. The Morgan fingerprint density at radius 3 is 0.849 bits per heavy atom. The Kier molecular flexibility index (Phi) is 73.7. The second-order valence-electron chi connectivity index (χ2n) is 29.8. The molecule has 0 amide bonds. The maximum atomic E-state index is 13.0. The first-order valence-electron chi connectivity index (χ1n) is 41.5. The summed E-state index contributed by atoms with van der Waals surface area (Å²) < 4.78 is 23.1. The number of carboxylic acid groups (broad SMARTS) is 1. The van der Waals surface area contributed by atoms with E-state index in [9.17, 15) is 19.5 Å². The van der Waals surface area contributed by atoms with Crippen LogP contribution < -0.4 is 0 Å². The molecule has 0 aliphatic rings. The fraction of sp³-hybridized carbons (Fsp3) is 0.917. The zero-order valence-electron chi connectivity index (χ0n) is 63.2. The molecular weight excluding hydrogens is 1150 g/mol. The average molecular weight is 1310 g/mol. The molecule has 1 N–H and O–H groups in total. The lowest BCUT2D eigenvalue weighted by molar-refractivity contribution is -0.870. The quantitative estimate of drug-likeness (QED) is 0.0211. The van der Waals surface area contributed by atoms with Crippen LogP contribution >= 0.6 is 0 Å². The van der Waals surface area contributed by atoms with Gasteiger partial charge in [0.05, 0.1) is 34.4 Å². The molecule has 0 aliphatic heterocycles. The first-order chi connectivity index (χ1) is 45.6. The van der Waals surface area contributed by atoms with Crippen molar-refractivity contribution in [3.05, 3.63) is 24.3 Å². The van der Waals surface area contributed by atoms with Crippen LogP contribution in [0.3, 0.4) is 0 Å². The molecule has 0 spiro atoms. The standard InChI is InChI=1S/C84H161NO8/c1-6-8-10-12-14-16-18-20-22-24-26-28-30-32-34-35-36-37-38-39-40-41-42-43-44-45-46-47-49-50-52-54-56-58-60-62-64-66-68-70-72-74-81(86)91-78-80(79-92-84(83(88)89)90-77-76-85(3,4)5)93-82(87)75-73-71-69-67-65-63-61-59-57-55-53-51-48-33-31-29-27-25-23-21-19-17-15-13-11-9-7-2/h19,21,25,27,80,84H,6-18,20,22-24,26,28-79H2,1-5H3/p+1/b21-19-,27-25-. The summed E-state index contributed by atoms with van der Waals surface area (Å²) in [6, 6.07) is 0. The summed E-state index contributed by atoms with van der Waals surface area (Å²) in [4.78, 5) is 37.7. The fourth-order valence-electron chi connectivity index (χ4n) is 12.9. The van der Waals surface area contributed by atoms with E-state index in [1.807, 2.05) is 21.1 Å². The van der Waals surface area contributed by atoms with Crippen molar-refractivity contribution in [3.8, 4) is 0 Å². The summed E-state index contributed by atoms with van der Waals surface area (Å²) in [5, 5.41) is 9.77. The number of unbranched alkanes of at least 4 members (excludes halogenated alkanes) is 60. The number of aliphatic carboxylic acids is 1. The molecule has 0 heterocycles. The molecule has 0 rings (SSSR count). The fourth-order valence-corrected chi connectivity index (χ4v) is 12.9. The maximum absolute atomic E-state index is 13.0. The topological polar surface area (TPSA) is 108 Å². The Labute approximate surface area is 579 Å². The van der Waals surface area contributed by atoms with Crippen molar-refractivity contribution in [2.45, 2.75) is 450 Å². The number of likely N-dealkylation sites (N-methyl/N-ethyl adjacent to an activating group) is 1. The summed E-state index contributed by atoms with van der Waals surface area (Å²) in [5.74, 6) is -1.97. The highest BCUT2D eigenvalue weighted by Gasteiger charge is 2.25. The van der Waals surface area contributed by atoms with Gasteiger partial charge in [0.1, 0.15) is 13.2 Å². The van der Waals surface area contributed by atoms with Gasteiger partial charge in [-0.1, -0.05) is 404 Å². The van der Waals surface area contributed by atoms with Crippen molar-refractivity contribution in [1.29, 1.82) is 0 Å². The van der Waals surface area contributed by atoms with Gasteiger partial charge in [0.2, 0.25) is 0 Å². The number of quaternary nitrogens is 1. The minimum Gasteiger partial charge on any atom is -0.477 e. The molecular formula is C84H162NO8+. The predicted octanol–water partition coefficient (Wildman–Crippen LogP) is 26.5. The Morgan fingerprint density at radius 1 is 0.323 bits per heavy atom. The smallest absolute Gasteiger partial charge is 0.361 e. The van der Waals surface area contributed by atoms with Gasteiger partial charge in [0.15, 0.2) is 6.10 Å². The first-order valence-corrected chi connectivity index (χ1v) is 41.5. The Bertz CT molecular complexity index is 1580. The van der Waals surface area contributed by atoms with Crippen molar-refractivity contribution in [3.63, 3.8) is 0 Å². The lowest BCUT2D eigenvalue weighted by Crippen LogP contribution is -2.40. The molecule has 0 saturated carbocycles. The number of rotatable bonds is 79. The second kappa shape index (κ2) is 75.5. The van der Waals surface area contributed by atoms with Crippen LogP contribution in [-0.2, 0) is 33.3 Å².